The maximum atomic E-state index is 12.0. The zero-order valence-electron chi connectivity index (χ0n) is 12.9. The minimum atomic E-state index is -0.00445. The van der Waals surface area contributed by atoms with E-state index in [4.69, 9.17) is 11.6 Å². The molecule has 116 valence electrons. The third-order valence-corrected chi connectivity index (χ3v) is 4.77. The fourth-order valence-electron chi connectivity index (χ4n) is 1.99. The maximum absolute atomic E-state index is 12.0. The number of amides is 1. The van der Waals surface area contributed by atoms with E-state index in [1.165, 1.54) is 11.1 Å². The molecule has 0 fully saturated rings. The number of rotatable bonds is 6. The second-order valence-electron chi connectivity index (χ2n) is 5.23. The van der Waals surface area contributed by atoms with E-state index in [0.717, 1.165) is 27.7 Å². The Bertz CT molecular complexity index is 640. The van der Waals surface area contributed by atoms with E-state index in [0.29, 0.717) is 6.54 Å². The Balaban J connectivity index is 1.70. The second kappa shape index (κ2) is 8.25. The zero-order valence-corrected chi connectivity index (χ0v) is 14.4. The molecule has 0 atom stereocenters. The molecule has 0 radical (unpaired) electrons. The minimum absolute atomic E-state index is 0.00445. The van der Waals surface area contributed by atoms with E-state index in [9.17, 15) is 4.79 Å². The van der Waals surface area contributed by atoms with Crippen molar-refractivity contribution in [3.8, 4) is 0 Å². The summed E-state index contributed by atoms with van der Waals surface area (Å²) >= 11 is 7.65. The Morgan fingerprint density at radius 2 is 1.82 bits per heavy atom. The third kappa shape index (κ3) is 5.08. The average Bonchev–Trinajstić information content (AvgIpc) is 2.51. The Morgan fingerprint density at radius 1 is 1.09 bits per heavy atom. The maximum Gasteiger partial charge on any atom is 0.251 e. The van der Waals surface area contributed by atoms with E-state index < -0.39 is 0 Å². The van der Waals surface area contributed by atoms with Gasteiger partial charge in [-0.2, -0.15) is 11.8 Å². The molecule has 0 heterocycles. The van der Waals surface area contributed by atoms with Crippen LogP contribution in [-0.4, -0.2) is 18.2 Å². The zero-order chi connectivity index (χ0) is 15.9. The number of carbonyl (C=O) groups excluding carboxylic acids is 1. The first kappa shape index (κ1) is 16.9. The molecule has 0 aliphatic heterocycles. The Labute approximate surface area is 141 Å². The lowest BCUT2D eigenvalue weighted by molar-refractivity contribution is 0.0956. The highest BCUT2D eigenvalue weighted by atomic mass is 35.5. The highest BCUT2D eigenvalue weighted by Gasteiger charge is 2.05. The van der Waals surface area contributed by atoms with E-state index in [-0.39, 0.29) is 5.91 Å². The van der Waals surface area contributed by atoms with E-state index in [1.807, 2.05) is 56.3 Å². The fourth-order valence-corrected chi connectivity index (χ4v) is 2.94. The van der Waals surface area contributed by atoms with E-state index in [1.54, 1.807) is 11.8 Å². The molecule has 1 amide bonds. The Morgan fingerprint density at radius 3 is 2.50 bits per heavy atom. The number of halogens is 1. The summed E-state index contributed by atoms with van der Waals surface area (Å²) in [5.74, 6) is 1.81. The predicted octanol–water partition coefficient (Wildman–Crippen LogP) is 4.62. The quantitative estimate of drug-likeness (QED) is 0.781. The van der Waals surface area contributed by atoms with Crippen molar-refractivity contribution < 1.29 is 4.79 Å². The molecule has 0 unspecified atom stereocenters. The Kier molecular flexibility index (Phi) is 6.34. The van der Waals surface area contributed by atoms with Crippen molar-refractivity contribution in [2.45, 2.75) is 19.6 Å². The number of nitrogens with one attached hydrogen (secondary N) is 1. The van der Waals surface area contributed by atoms with Gasteiger partial charge in [0.1, 0.15) is 0 Å². The molecule has 0 aromatic heterocycles. The van der Waals surface area contributed by atoms with Gasteiger partial charge in [-0.1, -0.05) is 29.8 Å². The van der Waals surface area contributed by atoms with Crippen molar-refractivity contribution in [1.82, 2.24) is 5.32 Å². The number of hydrogen-bond donors (Lipinski definition) is 1. The summed E-state index contributed by atoms with van der Waals surface area (Å²) in [5.41, 5.74) is 4.32. The number of benzene rings is 2. The number of thioether (sulfide) groups is 1. The van der Waals surface area contributed by atoms with Gasteiger partial charge in [0, 0.05) is 28.6 Å². The lowest BCUT2D eigenvalue weighted by Crippen LogP contribution is -2.25. The van der Waals surface area contributed by atoms with Gasteiger partial charge >= 0.3 is 0 Å². The predicted molar refractivity (Wildman–Crippen MR) is 95.9 cm³/mol. The first-order valence-corrected chi connectivity index (χ1v) is 8.77. The van der Waals surface area contributed by atoms with Crippen LogP contribution < -0.4 is 5.32 Å². The molecule has 0 spiro atoms. The van der Waals surface area contributed by atoms with Gasteiger partial charge in [-0.05, 0) is 54.8 Å². The molecule has 0 bridgehead atoms. The molecule has 22 heavy (non-hydrogen) atoms. The minimum Gasteiger partial charge on any atom is -0.351 e. The summed E-state index contributed by atoms with van der Waals surface area (Å²) in [6.07, 6.45) is 0. The Hall–Kier alpha value is -1.45. The molecule has 2 aromatic carbocycles. The molecule has 2 rings (SSSR count). The van der Waals surface area contributed by atoms with Gasteiger partial charge in [0.15, 0.2) is 0 Å². The van der Waals surface area contributed by atoms with Gasteiger partial charge in [0.05, 0.1) is 0 Å². The van der Waals surface area contributed by atoms with Crippen molar-refractivity contribution in [3.63, 3.8) is 0 Å². The number of hydrogen-bond acceptors (Lipinski definition) is 2. The third-order valence-electron chi connectivity index (χ3n) is 3.48. The van der Waals surface area contributed by atoms with Gasteiger partial charge in [-0.15, -0.1) is 0 Å². The molecule has 2 nitrogen and oxygen atoms in total. The molecule has 0 saturated heterocycles. The van der Waals surface area contributed by atoms with E-state index >= 15 is 0 Å². The monoisotopic (exact) mass is 333 g/mol. The average molecular weight is 334 g/mol. The lowest BCUT2D eigenvalue weighted by Gasteiger charge is -2.07. The van der Waals surface area contributed by atoms with Crippen molar-refractivity contribution >= 4 is 29.3 Å². The van der Waals surface area contributed by atoms with Gasteiger partial charge in [0.25, 0.3) is 5.91 Å². The summed E-state index contributed by atoms with van der Waals surface area (Å²) in [6, 6.07) is 13.7. The molecule has 2 aromatic rings. The number of aryl methyl sites for hydroxylation is 2. The second-order valence-corrected chi connectivity index (χ2v) is 6.78. The van der Waals surface area contributed by atoms with Crippen molar-refractivity contribution in [2.75, 3.05) is 12.3 Å². The van der Waals surface area contributed by atoms with Crippen LogP contribution in [0.2, 0.25) is 5.02 Å². The summed E-state index contributed by atoms with van der Waals surface area (Å²) in [4.78, 5) is 12.0. The van der Waals surface area contributed by atoms with Gasteiger partial charge in [0.2, 0.25) is 0 Å². The van der Waals surface area contributed by atoms with Gasteiger partial charge in [-0.3, -0.25) is 4.79 Å². The first-order valence-electron chi connectivity index (χ1n) is 7.24. The molecule has 0 aliphatic rings. The SMILES string of the molecule is Cc1ccc(C(=O)NCCSCc2ccc(Cl)cc2)cc1C. The normalized spacial score (nSPS) is 10.5. The van der Waals surface area contributed by atoms with Gasteiger partial charge in [-0.25, -0.2) is 0 Å². The summed E-state index contributed by atoms with van der Waals surface area (Å²) in [5, 5.41) is 3.72. The standard InChI is InChI=1S/C18H20ClNOS/c1-13-3-6-16(11-14(13)2)18(21)20-9-10-22-12-15-4-7-17(19)8-5-15/h3-8,11H,9-10,12H2,1-2H3,(H,20,21). The summed E-state index contributed by atoms with van der Waals surface area (Å²) < 4.78 is 0. The van der Waals surface area contributed by atoms with Crippen LogP contribution in [0.25, 0.3) is 0 Å². The van der Waals surface area contributed by atoms with Gasteiger partial charge < -0.3 is 5.32 Å². The fraction of sp³-hybridized carbons (Fsp3) is 0.278. The molecule has 0 saturated carbocycles. The van der Waals surface area contributed by atoms with Crippen LogP contribution in [0.5, 0.6) is 0 Å². The highest BCUT2D eigenvalue weighted by molar-refractivity contribution is 7.98. The molecule has 1 N–H and O–H groups in total. The molecular formula is C18H20ClNOS. The smallest absolute Gasteiger partial charge is 0.251 e. The van der Waals surface area contributed by atoms with Crippen LogP contribution in [-0.2, 0) is 5.75 Å². The highest BCUT2D eigenvalue weighted by Crippen LogP contribution is 2.15. The van der Waals surface area contributed by atoms with E-state index in [2.05, 4.69) is 5.32 Å². The molecular weight excluding hydrogens is 314 g/mol. The van der Waals surface area contributed by atoms with Crippen LogP contribution in [0.1, 0.15) is 27.0 Å². The largest absolute Gasteiger partial charge is 0.351 e. The molecule has 0 aliphatic carbocycles. The number of carbonyl (C=O) groups is 1. The van der Waals surface area contributed by atoms with Crippen LogP contribution in [0.4, 0.5) is 0 Å². The van der Waals surface area contributed by atoms with Crippen LogP contribution in [0, 0.1) is 13.8 Å². The van der Waals surface area contributed by atoms with Crippen LogP contribution in [0.15, 0.2) is 42.5 Å². The molecule has 4 heteroatoms. The van der Waals surface area contributed by atoms with Crippen LogP contribution >= 0.6 is 23.4 Å². The topological polar surface area (TPSA) is 29.1 Å². The van der Waals surface area contributed by atoms with Crippen molar-refractivity contribution in [2.24, 2.45) is 0 Å². The van der Waals surface area contributed by atoms with Crippen LogP contribution in [0.3, 0.4) is 0 Å². The summed E-state index contributed by atoms with van der Waals surface area (Å²) in [7, 11) is 0. The van der Waals surface area contributed by atoms with Crippen molar-refractivity contribution in [3.05, 3.63) is 69.7 Å². The summed E-state index contributed by atoms with van der Waals surface area (Å²) in [6.45, 7) is 4.74. The first-order chi connectivity index (χ1) is 10.6. The van der Waals surface area contributed by atoms with Crippen molar-refractivity contribution in [1.29, 1.82) is 0 Å². The lowest BCUT2D eigenvalue weighted by atomic mass is 10.1.